The first-order valence-corrected chi connectivity index (χ1v) is 13.4. The Morgan fingerprint density at radius 1 is 0.929 bits per heavy atom. The van der Waals surface area contributed by atoms with Crippen molar-refractivity contribution in [1.29, 1.82) is 0 Å². The monoisotopic (exact) mass is 562 g/mol. The number of nitrogens with zero attached hydrogens (tertiary/aromatic N) is 4. The zero-order valence-electron chi connectivity index (χ0n) is 22.4. The van der Waals surface area contributed by atoms with Crippen LogP contribution in [0.15, 0.2) is 83.6 Å². The highest BCUT2D eigenvalue weighted by atomic mass is 16.5. The van der Waals surface area contributed by atoms with E-state index in [1.54, 1.807) is 30.6 Å². The van der Waals surface area contributed by atoms with Crippen molar-refractivity contribution in [1.82, 2.24) is 25.5 Å². The van der Waals surface area contributed by atoms with Crippen LogP contribution in [0.5, 0.6) is 0 Å². The second-order valence-electron chi connectivity index (χ2n) is 10.1. The molecule has 0 bridgehead atoms. The molecule has 1 aliphatic heterocycles. The highest BCUT2D eigenvalue weighted by molar-refractivity contribution is 6.06. The lowest BCUT2D eigenvalue weighted by atomic mass is 9.98. The second-order valence-corrected chi connectivity index (χ2v) is 10.1. The van der Waals surface area contributed by atoms with Crippen LogP contribution in [0, 0.1) is 5.92 Å². The van der Waals surface area contributed by atoms with Gasteiger partial charge in [-0.05, 0) is 36.1 Å². The van der Waals surface area contributed by atoms with Gasteiger partial charge in [-0.15, -0.1) is 0 Å². The molecular weight excluding hydrogens is 536 g/mol. The van der Waals surface area contributed by atoms with Gasteiger partial charge < -0.3 is 14.5 Å². The Morgan fingerprint density at radius 2 is 1.60 bits per heavy atom. The minimum absolute atomic E-state index is 0.0846. The van der Waals surface area contributed by atoms with Crippen molar-refractivity contribution in [2.24, 2.45) is 11.8 Å². The van der Waals surface area contributed by atoms with Crippen molar-refractivity contribution in [3.8, 4) is 33.6 Å². The van der Waals surface area contributed by atoms with E-state index in [-0.39, 0.29) is 18.2 Å². The number of hydrogen-bond donors (Lipinski definition) is 3. The number of aromatic nitrogens is 3. The van der Waals surface area contributed by atoms with E-state index >= 15 is 0 Å². The number of carboxylic acid groups (broad SMARTS) is 1. The van der Waals surface area contributed by atoms with Crippen molar-refractivity contribution < 1.29 is 24.0 Å². The summed E-state index contributed by atoms with van der Waals surface area (Å²) >= 11 is 0. The number of hydrazine groups is 1. The molecule has 42 heavy (non-hydrogen) atoms. The number of nitrogen functional groups attached to an aromatic ring is 1. The van der Waals surface area contributed by atoms with E-state index in [2.05, 4.69) is 15.6 Å². The molecular formula is C31H26N6O5. The van der Waals surface area contributed by atoms with Crippen molar-refractivity contribution in [3.05, 3.63) is 90.4 Å². The molecule has 3 aromatic heterocycles. The minimum atomic E-state index is -0.894. The summed E-state index contributed by atoms with van der Waals surface area (Å²) < 4.78 is 5.33. The van der Waals surface area contributed by atoms with Gasteiger partial charge in [0.15, 0.2) is 0 Å². The Kier molecular flexibility index (Phi) is 7.16. The van der Waals surface area contributed by atoms with Crippen LogP contribution in [0.25, 0.3) is 44.5 Å². The van der Waals surface area contributed by atoms with Gasteiger partial charge in [-0.3, -0.25) is 24.8 Å². The standard InChI is InChI=1S/C31H26N6O5/c32-35-29(38)23-14-26(34-25-11-12-33-16-24(23)25)20-7-3-18(4-8-20)19-5-9-21(10-6-19)27-15-28(42-36-27)30(39)37-13-1-2-22(17-37)31(40)41/h3-12,14-16,22H,1-2,13,17,32H2,(H,35,38)(H,40,41). The lowest BCUT2D eigenvalue weighted by Crippen LogP contribution is -2.42. The summed E-state index contributed by atoms with van der Waals surface area (Å²) in [5.41, 5.74) is 7.92. The summed E-state index contributed by atoms with van der Waals surface area (Å²) in [4.78, 5) is 46.9. The van der Waals surface area contributed by atoms with Gasteiger partial charge in [0, 0.05) is 48.1 Å². The zero-order chi connectivity index (χ0) is 29.2. The number of nitrogens with two attached hydrogens (primary N) is 1. The van der Waals surface area contributed by atoms with E-state index in [1.165, 1.54) is 4.90 Å². The first-order valence-electron chi connectivity index (χ1n) is 13.4. The van der Waals surface area contributed by atoms with E-state index in [9.17, 15) is 19.5 Å². The Labute approximate surface area is 240 Å². The van der Waals surface area contributed by atoms with Crippen molar-refractivity contribution in [2.45, 2.75) is 12.8 Å². The number of likely N-dealkylation sites (tertiary alicyclic amines) is 1. The van der Waals surface area contributed by atoms with Gasteiger partial charge in [0.1, 0.15) is 5.69 Å². The Hall–Kier alpha value is -5.42. The molecule has 210 valence electrons. The summed E-state index contributed by atoms with van der Waals surface area (Å²) in [6.07, 6.45) is 4.41. The first kappa shape index (κ1) is 26.8. The third kappa shape index (κ3) is 5.20. The smallest absolute Gasteiger partial charge is 0.308 e. The third-order valence-electron chi connectivity index (χ3n) is 7.46. The van der Waals surface area contributed by atoms with Gasteiger partial charge in [0.25, 0.3) is 11.8 Å². The quantitative estimate of drug-likeness (QED) is 0.157. The summed E-state index contributed by atoms with van der Waals surface area (Å²) in [7, 11) is 0. The predicted molar refractivity (Wildman–Crippen MR) is 154 cm³/mol. The SMILES string of the molecule is NNC(=O)c1cc(-c2ccc(-c3ccc(-c4cc(C(=O)N5CCCC(C(=O)O)C5)on4)cc3)cc2)nc2ccncc12. The van der Waals surface area contributed by atoms with Gasteiger partial charge in [0.2, 0.25) is 5.76 Å². The van der Waals surface area contributed by atoms with Gasteiger partial charge in [0.05, 0.1) is 22.7 Å². The Balaban J connectivity index is 1.19. The number of piperidine rings is 1. The molecule has 4 N–H and O–H groups in total. The van der Waals surface area contributed by atoms with Crippen LogP contribution in [0.2, 0.25) is 0 Å². The Bertz CT molecular complexity index is 1800. The number of carbonyl (C=O) groups is 3. The van der Waals surface area contributed by atoms with Crippen LogP contribution in [0.3, 0.4) is 0 Å². The fraction of sp³-hybridized carbons (Fsp3) is 0.161. The van der Waals surface area contributed by atoms with Gasteiger partial charge >= 0.3 is 5.97 Å². The van der Waals surface area contributed by atoms with E-state index in [1.807, 2.05) is 48.5 Å². The fourth-order valence-electron chi connectivity index (χ4n) is 5.18. The van der Waals surface area contributed by atoms with E-state index < -0.39 is 17.8 Å². The van der Waals surface area contributed by atoms with Gasteiger partial charge in [-0.25, -0.2) is 10.8 Å². The normalized spacial score (nSPS) is 15.0. The number of pyridine rings is 2. The molecule has 0 radical (unpaired) electrons. The maximum Gasteiger partial charge on any atom is 0.308 e. The Morgan fingerprint density at radius 3 is 2.26 bits per heavy atom. The molecule has 11 nitrogen and oxygen atoms in total. The molecule has 4 heterocycles. The lowest BCUT2D eigenvalue weighted by molar-refractivity contribution is -0.143. The molecule has 2 amide bonds. The number of nitrogens with one attached hydrogen (secondary N) is 1. The number of benzene rings is 2. The zero-order valence-corrected chi connectivity index (χ0v) is 22.4. The molecule has 1 saturated heterocycles. The van der Waals surface area contributed by atoms with E-state index in [0.717, 1.165) is 22.3 Å². The molecule has 0 spiro atoms. The molecule has 0 aliphatic carbocycles. The van der Waals surface area contributed by atoms with E-state index in [0.29, 0.717) is 47.2 Å². The van der Waals surface area contributed by atoms with Crippen molar-refractivity contribution >= 4 is 28.7 Å². The second kappa shape index (κ2) is 11.2. The lowest BCUT2D eigenvalue weighted by Gasteiger charge is -2.29. The molecule has 1 unspecified atom stereocenters. The molecule has 11 heteroatoms. The largest absolute Gasteiger partial charge is 0.481 e. The fourth-order valence-corrected chi connectivity index (χ4v) is 5.18. The molecule has 5 aromatic rings. The van der Waals surface area contributed by atoms with Crippen LogP contribution >= 0.6 is 0 Å². The predicted octanol–water partition coefficient (Wildman–Crippen LogP) is 4.16. The maximum atomic E-state index is 12.9. The van der Waals surface area contributed by atoms with Crippen LogP contribution < -0.4 is 11.3 Å². The number of hydrogen-bond acceptors (Lipinski definition) is 8. The third-order valence-corrected chi connectivity index (χ3v) is 7.46. The number of carbonyl (C=O) groups excluding carboxylic acids is 2. The maximum absolute atomic E-state index is 12.9. The molecule has 6 rings (SSSR count). The molecule has 1 aliphatic rings. The van der Waals surface area contributed by atoms with Crippen LogP contribution in [0.1, 0.15) is 33.8 Å². The highest BCUT2D eigenvalue weighted by Gasteiger charge is 2.30. The number of fused-ring (bicyclic) bond motifs is 1. The van der Waals surface area contributed by atoms with E-state index in [4.69, 9.17) is 15.3 Å². The topological polar surface area (TPSA) is 165 Å². The van der Waals surface area contributed by atoms with Crippen molar-refractivity contribution in [3.63, 3.8) is 0 Å². The molecule has 2 aromatic carbocycles. The average molecular weight is 563 g/mol. The van der Waals surface area contributed by atoms with Crippen LogP contribution in [0.4, 0.5) is 0 Å². The highest BCUT2D eigenvalue weighted by Crippen LogP contribution is 2.29. The van der Waals surface area contributed by atoms with Crippen LogP contribution in [-0.4, -0.2) is 56.0 Å². The summed E-state index contributed by atoms with van der Waals surface area (Å²) in [6.45, 7) is 0.654. The molecule has 1 fully saturated rings. The average Bonchev–Trinajstić information content (AvgIpc) is 3.54. The van der Waals surface area contributed by atoms with Gasteiger partial charge in [-0.1, -0.05) is 53.7 Å². The first-order chi connectivity index (χ1) is 20.4. The number of rotatable bonds is 6. The minimum Gasteiger partial charge on any atom is -0.481 e. The summed E-state index contributed by atoms with van der Waals surface area (Å²) in [6, 6.07) is 20.6. The number of aliphatic carboxylic acids is 1. The summed E-state index contributed by atoms with van der Waals surface area (Å²) in [5, 5.41) is 14.0. The van der Waals surface area contributed by atoms with Crippen molar-refractivity contribution in [2.75, 3.05) is 13.1 Å². The number of amides is 2. The van der Waals surface area contributed by atoms with Gasteiger partial charge in [-0.2, -0.15) is 0 Å². The molecule has 1 atom stereocenters. The summed E-state index contributed by atoms with van der Waals surface area (Å²) in [5.74, 6) is 3.24. The van der Waals surface area contributed by atoms with Crippen LogP contribution in [-0.2, 0) is 4.79 Å². The number of carboxylic acids is 1. The molecule has 0 saturated carbocycles.